The van der Waals surface area contributed by atoms with Crippen molar-refractivity contribution >= 4 is 23.2 Å². The molecule has 1 saturated heterocycles. The monoisotopic (exact) mass is 486 g/mol. The molecule has 4 bridgehead atoms. The Bertz CT molecular complexity index is 1060. The number of imide groups is 1. The number of hydrogen-bond acceptors (Lipinski definition) is 5. The number of carbonyl (C=O) groups excluding carboxylic acids is 2. The normalized spacial score (nSPS) is 30.8. The summed E-state index contributed by atoms with van der Waals surface area (Å²) in [6, 6.07) is 16.6. The molecule has 0 radical (unpaired) electrons. The van der Waals surface area contributed by atoms with E-state index in [9.17, 15) is 9.59 Å². The lowest BCUT2D eigenvalue weighted by Crippen LogP contribution is -2.58. The van der Waals surface area contributed by atoms with Gasteiger partial charge in [0.1, 0.15) is 6.04 Å². The van der Waals surface area contributed by atoms with E-state index in [4.69, 9.17) is 0 Å². The number of amides is 2. The fourth-order valence-electron chi connectivity index (χ4n) is 7.54. The lowest BCUT2D eigenvalue weighted by atomic mass is 9.53. The summed E-state index contributed by atoms with van der Waals surface area (Å²) in [5, 5.41) is 13.1. The van der Waals surface area contributed by atoms with Gasteiger partial charge in [0.2, 0.25) is 11.8 Å². The molecule has 2 aromatic rings. The van der Waals surface area contributed by atoms with E-state index in [0.717, 1.165) is 48.6 Å². The van der Waals surface area contributed by atoms with Gasteiger partial charge in [0.05, 0.1) is 0 Å². The molecule has 1 unspecified atom stereocenters. The first-order valence-electron chi connectivity index (χ1n) is 13.8. The third-order valence-corrected chi connectivity index (χ3v) is 8.94. The largest absolute Gasteiger partial charge is 0.381 e. The molecule has 2 amide bonds. The van der Waals surface area contributed by atoms with Crippen LogP contribution in [0.15, 0.2) is 48.5 Å². The van der Waals surface area contributed by atoms with Crippen LogP contribution < -0.4 is 21.3 Å². The smallest absolute Gasteiger partial charge is 0.249 e. The molecule has 1 heterocycles. The average Bonchev–Trinajstić information content (AvgIpc) is 2.85. The van der Waals surface area contributed by atoms with Crippen LogP contribution in [0.2, 0.25) is 0 Å². The molecule has 2 aromatic carbocycles. The van der Waals surface area contributed by atoms with E-state index in [1.54, 1.807) is 0 Å². The van der Waals surface area contributed by atoms with Crippen LogP contribution in [0.4, 0.5) is 11.4 Å². The molecule has 36 heavy (non-hydrogen) atoms. The van der Waals surface area contributed by atoms with Gasteiger partial charge >= 0.3 is 0 Å². The Morgan fingerprint density at radius 2 is 1.42 bits per heavy atom. The van der Waals surface area contributed by atoms with Crippen LogP contribution in [-0.2, 0) is 22.6 Å². The third kappa shape index (κ3) is 5.29. The summed E-state index contributed by atoms with van der Waals surface area (Å²) < 4.78 is 0. The Morgan fingerprint density at radius 3 is 2.06 bits per heavy atom. The molecule has 190 valence electrons. The summed E-state index contributed by atoms with van der Waals surface area (Å²) in [5.41, 5.74) is 5.03. The van der Waals surface area contributed by atoms with E-state index < -0.39 is 0 Å². The van der Waals surface area contributed by atoms with Gasteiger partial charge in [0.25, 0.3) is 0 Å². The summed E-state index contributed by atoms with van der Waals surface area (Å²) in [7, 11) is 0. The van der Waals surface area contributed by atoms with Crippen LogP contribution in [0, 0.1) is 17.8 Å². The van der Waals surface area contributed by atoms with Gasteiger partial charge in [0.15, 0.2) is 0 Å². The first-order valence-corrected chi connectivity index (χ1v) is 13.8. The van der Waals surface area contributed by atoms with Crippen LogP contribution >= 0.6 is 0 Å². The molecule has 5 fully saturated rings. The Morgan fingerprint density at radius 1 is 0.806 bits per heavy atom. The van der Waals surface area contributed by atoms with Gasteiger partial charge in [0, 0.05) is 29.9 Å². The van der Waals surface area contributed by atoms with Crippen molar-refractivity contribution in [3.63, 3.8) is 0 Å². The van der Waals surface area contributed by atoms with Crippen LogP contribution in [0.25, 0.3) is 0 Å². The number of nitrogens with one attached hydrogen (secondary N) is 4. The fourth-order valence-corrected chi connectivity index (χ4v) is 7.54. The third-order valence-electron chi connectivity index (χ3n) is 8.94. The summed E-state index contributed by atoms with van der Waals surface area (Å²) in [5.74, 6) is 2.54. The summed E-state index contributed by atoms with van der Waals surface area (Å²) >= 11 is 0. The Balaban J connectivity index is 0.945. The molecule has 4 aliphatic carbocycles. The van der Waals surface area contributed by atoms with E-state index in [1.165, 1.54) is 49.7 Å². The molecule has 5 aliphatic rings. The molecule has 1 atom stereocenters. The van der Waals surface area contributed by atoms with Crippen molar-refractivity contribution in [2.75, 3.05) is 17.2 Å². The SMILES string of the molecule is O=C1CCC(Nc2ccc(NCc3ccc(CCNC45CC6CC(CC(C6)C4)C5)cc3)cc2)C(=O)N1. The molecule has 4 saturated carbocycles. The number of piperidine rings is 1. The molecule has 4 N–H and O–H groups in total. The highest BCUT2D eigenvalue weighted by molar-refractivity contribution is 6.01. The molecule has 6 nitrogen and oxygen atoms in total. The zero-order valence-electron chi connectivity index (χ0n) is 21.0. The van der Waals surface area contributed by atoms with E-state index >= 15 is 0 Å². The quantitative estimate of drug-likeness (QED) is 0.389. The van der Waals surface area contributed by atoms with Gasteiger partial charge in [-0.3, -0.25) is 14.9 Å². The number of carbonyl (C=O) groups is 2. The Kier molecular flexibility index (Phi) is 6.46. The van der Waals surface area contributed by atoms with Gasteiger partial charge in [-0.1, -0.05) is 24.3 Å². The number of hydrogen-bond donors (Lipinski definition) is 4. The highest BCUT2D eigenvalue weighted by Gasteiger charge is 2.50. The lowest BCUT2D eigenvalue weighted by Gasteiger charge is -2.57. The van der Waals surface area contributed by atoms with E-state index in [2.05, 4.69) is 45.5 Å². The highest BCUT2D eigenvalue weighted by atomic mass is 16.2. The molecular weight excluding hydrogens is 448 g/mol. The number of rotatable bonds is 9. The van der Waals surface area contributed by atoms with Gasteiger partial charge in [-0.2, -0.15) is 0 Å². The van der Waals surface area contributed by atoms with Gasteiger partial charge in [-0.25, -0.2) is 0 Å². The molecular formula is C30H38N4O2. The van der Waals surface area contributed by atoms with E-state index in [-0.39, 0.29) is 17.9 Å². The second-order valence-electron chi connectivity index (χ2n) is 11.8. The van der Waals surface area contributed by atoms with Crippen LogP contribution in [0.5, 0.6) is 0 Å². The summed E-state index contributed by atoms with van der Waals surface area (Å²) in [6.45, 7) is 1.86. The highest BCUT2D eigenvalue weighted by Crippen LogP contribution is 2.55. The molecule has 6 heteroatoms. The zero-order chi connectivity index (χ0) is 24.5. The second kappa shape index (κ2) is 9.89. The second-order valence-corrected chi connectivity index (χ2v) is 11.8. The molecule has 7 rings (SSSR count). The van der Waals surface area contributed by atoms with Crippen LogP contribution in [0.1, 0.15) is 62.5 Å². The Hall–Kier alpha value is -2.86. The maximum atomic E-state index is 11.9. The van der Waals surface area contributed by atoms with Crippen molar-refractivity contribution in [2.24, 2.45) is 17.8 Å². The minimum atomic E-state index is -0.359. The number of benzene rings is 2. The van der Waals surface area contributed by atoms with Crippen molar-refractivity contribution in [1.82, 2.24) is 10.6 Å². The predicted molar refractivity (Wildman–Crippen MR) is 143 cm³/mol. The van der Waals surface area contributed by atoms with Crippen molar-refractivity contribution in [3.05, 3.63) is 59.7 Å². The molecule has 0 spiro atoms. The van der Waals surface area contributed by atoms with Crippen molar-refractivity contribution in [1.29, 1.82) is 0 Å². The summed E-state index contributed by atoms with van der Waals surface area (Å²) in [6.07, 6.45) is 10.7. The van der Waals surface area contributed by atoms with Gasteiger partial charge in [-0.15, -0.1) is 0 Å². The predicted octanol–water partition coefficient (Wildman–Crippen LogP) is 4.62. The van der Waals surface area contributed by atoms with Crippen molar-refractivity contribution in [3.8, 4) is 0 Å². The van der Waals surface area contributed by atoms with E-state index in [0.29, 0.717) is 18.4 Å². The fraction of sp³-hybridized carbons (Fsp3) is 0.533. The topological polar surface area (TPSA) is 82.3 Å². The minimum absolute atomic E-state index is 0.195. The number of anilines is 2. The zero-order valence-corrected chi connectivity index (χ0v) is 21.0. The lowest BCUT2D eigenvalue weighted by molar-refractivity contribution is -0.133. The maximum Gasteiger partial charge on any atom is 0.249 e. The molecule has 1 aliphatic heterocycles. The van der Waals surface area contributed by atoms with Crippen LogP contribution in [-0.4, -0.2) is 29.9 Å². The average molecular weight is 487 g/mol. The first-order chi connectivity index (χ1) is 17.5. The van der Waals surface area contributed by atoms with Gasteiger partial charge < -0.3 is 16.0 Å². The van der Waals surface area contributed by atoms with Gasteiger partial charge in [-0.05, 0) is 111 Å². The van der Waals surface area contributed by atoms with E-state index in [1.807, 2.05) is 24.3 Å². The molecule has 0 aromatic heterocycles. The first kappa shape index (κ1) is 23.5. The van der Waals surface area contributed by atoms with Crippen molar-refractivity contribution in [2.45, 2.75) is 75.9 Å². The maximum absolute atomic E-state index is 11.9. The standard InChI is InChI=1S/C30H38N4O2/c35-28-10-9-27(29(36)34-28)33-26-7-5-25(6-8-26)31-19-21-3-1-20(2-4-21)11-12-32-30-16-22-13-23(17-30)15-24(14-22)18-30/h1-8,22-24,27,31-33H,9-19H2,(H,34,35,36). The van der Waals surface area contributed by atoms with Crippen LogP contribution in [0.3, 0.4) is 0 Å². The minimum Gasteiger partial charge on any atom is -0.381 e. The summed E-state index contributed by atoms with van der Waals surface area (Å²) in [4.78, 5) is 23.2. The van der Waals surface area contributed by atoms with Crippen molar-refractivity contribution < 1.29 is 9.59 Å². The Labute approximate surface area is 214 Å².